The fraction of sp³-hybridized carbons (Fsp3) is 0.417. The standard InChI is InChI=1S/C25H27ClN2O3S2.C23H32ClN3O3S2/c26-22-10-8-21(9-11-22)25(29)27-18-23-12-13-24(32-23)33(30,31)28-16-14-20(15-17-28)7-6-19-4-2-1-3-5-19;1-2-3-4-5-6-13-26-14-16-27(17-15-26)32(29,30)22-12-11-21(31-22)18-25-23(28)19-7-9-20(24)10-8-19/h1-5,8-13,20H,6-7,14-18H2,(H,27,29);7-12H,2-6,13-18H2,1H3,(H,25,28). The van der Waals surface area contributed by atoms with E-state index in [0.29, 0.717) is 61.7 Å². The molecule has 0 radical (unpaired) electrons. The molecule has 4 heterocycles. The molecule has 350 valence electrons. The molecule has 3 aromatic carbocycles. The molecule has 0 saturated carbocycles. The van der Waals surface area contributed by atoms with Crippen molar-refractivity contribution < 1.29 is 26.4 Å². The zero-order chi connectivity index (χ0) is 46.2. The van der Waals surface area contributed by atoms with E-state index in [9.17, 15) is 26.4 Å². The van der Waals surface area contributed by atoms with Crippen LogP contribution in [-0.4, -0.2) is 88.0 Å². The van der Waals surface area contributed by atoms with Crippen molar-refractivity contribution in [3.63, 3.8) is 0 Å². The van der Waals surface area contributed by atoms with Crippen LogP contribution in [0, 0.1) is 5.92 Å². The summed E-state index contributed by atoms with van der Waals surface area (Å²) in [5.41, 5.74) is 2.36. The van der Waals surface area contributed by atoms with Gasteiger partial charge in [0.1, 0.15) is 8.42 Å². The monoisotopic (exact) mass is 999 g/mol. The fourth-order valence-electron chi connectivity index (χ4n) is 7.77. The summed E-state index contributed by atoms with van der Waals surface area (Å²) in [5, 5.41) is 6.80. The quantitative estimate of drug-likeness (QED) is 0.0787. The Labute approximate surface area is 403 Å². The molecule has 5 aromatic rings. The number of aryl methyl sites for hydroxylation is 1. The van der Waals surface area contributed by atoms with E-state index in [1.54, 1.807) is 81.4 Å². The summed E-state index contributed by atoms with van der Waals surface area (Å²) in [6.07, 6.45) is 10.2. The second-order valence-corrected chi connectivity index (χ2v) is 23.9. The van der Waals surface area contributed by atoms with Crippen molar-refractivity contribution in [2.24, 2.45) is 5.92 Å². The van der Waals surface area contributed by atoms with Crippen molar-refractivity contribution in [1.82, 2.24) is 24.1 Å². The Hall–Kier alpha value is -3.64. The number of amides is 2. The van der Waals surface area contributed by atoms with E-state index in [1.807, 2.05) is 6.07 Å². The topological polar surface area (TPSA) is 136 Å². The van der Waals surface area contributed by atoms with Crippen molar-refractivity contribution in [3.8, 4) is 0 Å². The van der Waals surface area contributed by atoms with Gasteiger partial charge in [-0.25, -0.2) is 16.8 Å². The lowest BCUT2D eigenvalue weighted by molar-refractivity contribution is 0.0943. The summed E-state index contributed by atoms with van der Waals surface area (Å²) < 4.78 is 56.2. The molecule has 65 heavy (non-hydrogen) atoms. The van der Waals surface area contributed by atoms with Crippen molar-refractivity contribution >= 4 is 77.7 Å². The largest absolute Gasteiger partial charge is 0.347 e. The smallest absolute Gasteiger partial charge is 0.252 e. The van der Waals surface area contributed by atoms with Crippen molar-refractivity contribution in [3.05, 3.63) is 140 Å². The minimum atomic E-state index is -3.50. The molecule has 0 spiro atoms. The third kappa shape index (κ3) is 15.2. The van der Waals surface area contributed by atoms with E-state index in [-0.39, 0.29) is 24.9 Å². The number of carbonyl (C=O) groups excluding carboxylic acids is 2. The summed E-state index contributed by atoms with van der Waals surface area (Å²) in [5.74, 6) is 0.117. The molecule has 0 atom stereocenters. The zero-order valence-electron chi connectivity index (χ0n) is 36.8. The number of unbranched alkanes of at least 4 members (excludes halogenated alkanes) is 4. The van der Waals surface area contributed by atoms with E-state index >= 15 is 0 Å². The number of nitrogens with zero attached hydrogens (tertiary/aromatic N) is 3. The van der Waals surface area contributed by atoms with Crippen LogP contribution in [0.1, 0.15) is 94.3 Å². The van der Waals surface area contributed by atoms with E-state index in [1.165, 1.54) is 60.3 Å². The van der Waals surface area contributed by atoms with Crippen molar-refractivity contribution in [1.29, 1.82) is 0 Å². The molecule has 0 bridgehead atoms. The number of piperidine rings is 1. The number of nitrogens with one attached hydrogen (secondary N) is 2. The summed E-state index contributed by atoms with van der Waals surface area (Å²) in [7, 11) is -7.00. The Morgan fingerprint density at radius 2 is 1.08 bits per heavy atom. The number of rotatable bonds is 19. The molecular formula is C48H59Cl2N5O6S4. The number of thiophene rings is 2. The normalized spacial score (nSPS) is 15.6. The average molecular weight is 1000 g/mol. The molecule has 17 heteroatoms. The molecule has 0 aliphatic carbocycles. The summed E-state index contributed by atoms with van der Waals surface area (Å²) in [6, 6.07) is 30.6. The number of hydrogen-bond donors (Lipinski definition) is 2. The Balaban J connectivity index is 0.000000216. The van der Waals surface area contributed by atoms with Crippen LogP contribution in [0.2, 0.25) is 10.0 Å². The van der Waals surface area contributed by atoms with Gasteiger partial charge >= 0.3 is 0 Å². The highest BCUT2D eigenvalue weighted by atomic mass is 35.5. The first-order chi connectivity index (χ1) is 31.3. The van der Waals surface area contributed by atoms with Crippen LogP contribution >= 0.6 is 45.9 Å². The third-order valence-corrected chi connectivity index (χ3v) is 19.1. The maximum absolute atomic E-state index is 13.1. The number of benzene rings is 3. The highest BCUT2D eigenvalue weighted by molar-refractivity contribution is 7.91. The molecule has 2 N–H and O–H groups in total. The Morgan fingerprint density at radius 3 is 1.57 bits per heavy atom. The lowest BCUT2D eigenvalue weighted by Gasteiger charge is -2.33. The van der Waals surface area contributed by atoms with E-state index in [2.05, 4.69) is 46.7 Å². The lowest BCUT2D eigenvalue weighted by Crippen LogP contribution is -2.48. The molecule has 2 saturated heterocycles. The third-order valence-electron chi connectivity index (χ3n) is 11.7. The maximum atomic E-state index is 13.1. The van der Waals surface area contributed by atoms with Gasteiger partial charge in [0.15, 0.2) is 0 Å². The second-order valence-electron chi connectivity index (χ2n) is 16.4. The van der Waals surface area contributed by atoms with Crippen molar-refractivity contribution in [2.75, 3.05) is 45.8 Å². The maximum Gasteiger partial charge on any atom is 0.252 e. The molecule has 2 amide bonds. The van der Waals surface area contributed by atoms with Crippen LogP contribution in [0.3, 0.4) is 0 Å². The zero-order valence-corrected chi connectivity index (χ0v) is 41.6. The summed E-state index contributed by atoms with van der Waals surface area (Å²) in [4.78, 5) is 28.5. The predicted octanol–water partition coefficient (Wildman–Crippen LogP) is 9.97. The van der Waals surface area contributed by atoms with E-state index in [0.717, 1.165) is 55.1 Å². The van der Waals surface area contributed by atoms with E-state index < -0.39 is 20.0 Å². The SMILES string of the molecule is CCCCCCCN1CCN(S(=O)(=O)c2ccc(CNC(=O)c3ccc(Cl)cc3)s2)CC1.O=C(NCc1ccc(S(=O)(=O)N2CCC(CCc3ccccc3)CC2)s1)c1ccc(Cl)cc1. The Kier molecular flexibility index (Phi) is 19.5. The highest BCUT2D eigenvalue weighted by Crippen LogP contribution is 2.31. The number of carbonyl (C=O) groups is 2. The minimum Gasteiger partial charge on any atom is -0.347 e. The Bertz CT molecular complexity index is 2490. The van der Waals surface area contributed by atoms with Crippen LogP contribution in [0.5, 0.6) is 0 Å². The van der Waals surface area contributed by atoms with Crippen LogP contribution in [0.25, 0.3) is 0 Å². The molecule has 2 aliphatic rings. The van der Waals surface area contributed by atoms with Gasteiger partial charge in [0.25, 0.3) is 31.9 Å². The van der Waals surface area contributed by atoms with Gasteiger partial charge in [-0.1, -0.05) is 86.1 Å². The van der Waals surface area contributed by atoms with Crippen molar-refractivity contribution in [2.45, 2.75) is 86.2 Å². The molecule has 2 aromatic heterocycles. The van der Waals surface area contributed by atoms with Gasteiger partial charge in [-0.2, -0.15) is 8.61 Å². The van der Waals surface area contributed by atoms with Crippen LogP contribution in [-0.2, 0) is 39.6 Å². The lowest BCUT2D eigenvalue weighted by atomic mass is 9.91. The van der Waals surface area contributed by atoms with Gasteiger partial charge in [0.2, 0.25) is 0 Å². The number of halogens is 2. The van der Waals surface area contributed by atoms with Gasteiger partial charge in [0, 0.05) is 70.2 Å². The summed E-state index contributed by atoms with van der Waals surface area (Å²) >= 11 is 14.1. The molecule has 2 aliphatic heterocycles. The molecular weight excluding hydrogens is 942 g/mol. The first-order valence-corrected chi connectivity index (χ1v) is 27.6. The molecule has 7 rings (SSSR count). The van der Waals surface area contributed by atoms with Gasteiger partial charge in [0.05, 0.1) is 13.1 Å². The Morgan fingerprint density at radius 1 is 0.600 bits per heavy atom. The second kappa shape index (κ2) is 24.9. The van der Waals surface area contributed by atoms with Crippen LogP contribution in [0.15, 0.2) is 112 Å². The van der Waals surface area contributed by atoms with Gasteiger partial charge in [-0.3, -0.25) is 9.59 Å². The van der Waals surface area contributed by atoms with Crippen LogP contribution in [0.4, 0.5) is 0 Å². The highest BCUT2D eigenvalue weighted by Gasteiger charge is 2.31. The predicted molar refractivity (Wildman–Crippen MR) is 264 cm³/mol. The van der Waals surface area contributed by atoms with Gasteiger partial charge < -0.3 is 15.5 Å². The molecule has 11 nitrogen and oxygen atoms in total. The molecule has 2 fully saturated rings. The average Bonchev–Trinajstić information content (AvgIpc) is 4.02. The van der Waals surface area contributed by atoms with Crippen LogP contribution < -0.4 is 10.6 Å². The minimum absolute atomic E-state index is 0.217. The number of piperazine rings is 1. The summed E-state index contributed by atoms with van der Waals surface area (Å²) in [6.45, 7) is 7.56. The fourth-order valence-corrected chi connectivity index (χ4v) is 13.8. The molecule has 0 unspecified atom stereocenters. The van der Waals surface area contributed by atoms with Gasteiger partial charge in [-0.15, -0.1) is 22.7 Å². The number of sulfonamides is 2. The number of hydrogen-bond acceptors (Lipinski definition) is 9. The first-order valence-electron chi connectivity index (χ1n) is 22.3. The van der Waals surface area contributed by atoms with Gasteiger partial charge in [-0.05, 0) is 123 Å². The first kappa shape index (κ1) is 50.8. The van der Waals surface area contributed by atoms with E-state index in [4.69, 9.17) is 23.2 Å².